The highest BCUT2D eigenvalue weighted by Crippen LogP contribution is 2.61. The molecule has 0 aliphatic heterocycles. The minimum atomic E-state index is -0.227. The number of fused-ring (bicyclic) bond motifs is 8. The van der Waals surface area contributed by atoms with Crippen LogP contribution < -0.4 is 4.90 Å². The molecule has 0 atom stereocenters. The highest BCUT2D eigenvalue weighted by molar-refractivity contribution is 6.16. The number of hydrogen-bond acceptors (Lipinski definition) is 1. The number of para-hydroxylation sites is 1. The third-order valence-corrected chi connectivity index (χ3v) is 13.2. The second-order valence-electron chi connectivity index (χ2n) is 17.3. The van der Waals surface area contributed by atoms with Gasteiger partial charge in [0.25, 0.3) is 0 Å². The predicted octanol–water partition coefficient (Wildman–Crippen LogP) is 15.9. The highest BCUT2D eigenvalue weighted by atomic mass is 15.2. The van der Waals surface area contributed by atoms with Crippen LogP contribution in [-0.4, -0.2) is 0 Å². The van der Waals surface area contributed by atoms with E-state index in [-0.39, 0.29) is 10.8 Å². The first kappa shape index (κ1) is 35.2. The first-order valence-electron chi connectivity index (χ1n) is 20.9. The lowest BCUT2D eigenvalue weighted by Crippen LogP contribution is -2.19. The summed E-state index contributed by atoms with van der Waals surface area (Å²) < 4.78 is 0. The molecule has 59 heavy (non-hydrogen) atoms. The minimum absolute atomic E-state index is 0.164. The number of anilines is 3. The summed E-state index contributed by atoms with van der Waals surface area (Å²) in [5, 5.41) is 2.57. The van der Waals surface area contributed by atoms with Gasteiger partial charge in [-0.2, -0.15) is 0 Å². The lowest BCUT2D eigenvalue weighted by molar-refractivity contribution is 0.660. The second kappa shape index (κ2) is 13.3. The summed E-state index contributed by atoms with van der Waals surface area (Å²) in [4.78, 5) is 2.62. The van der Waals surface area contributed by atoms with Crippen LogP contribution in [0, 0.1) is 0 Å². The van der Waals surface area contributed by atoms with Gasteiger partial charge >= 0.3 is 0 Å². The van der Waals surface area contributed by atoms with Crippen LogP contribution in [0.4, 0.5) is 17.1 Å². The number of benzene rings is 9. The maximum atomic E-state index is 2.62. The van der Waals surface area contributed by atoms with E-state index < -0.39 is 0 Å². The van der Waals surface area contributed by atoms with E-state index in [4.69, 9.17) is 0 Å². The van der Waals surface area contributed by atoms with Crippen molar-refractivity contribution < 1.29 is 0 Å². The van der Waals surface area contributed by atoms with Crippen molar-refractivity contribution in [2.24, 2.45) is 0 Å². The molecule has 0 radical (unpaired) electrons. The molecule has 2 aliphatic rings. The van der Waals surface area contributed by atoms with Crippen molar-refractivity contribution in [2.75, 3.05) is 4.90 Å². The maximum Gasteiger partial charge on any atom is 0.0628 e. The van der Waals surface area contributed by atoms with E-state index in [0.717, 1.165) is 11.4 Å². The van der Waals surface area contributed by atoms with Gasteiger partial charge in [-0.05, 0) is 90.2 Å². The summed E-state index contributed by atoms with van der Waals surface area (Å²) in [6, 6.07) is 74.3. The Labute approximate surface area is 347 Å². The Morgan fingerprint density at radius 3 is 1.56 bits per heavy atom. The van der Waals surface area contributed by atoms with Crippen molar-refractivity contribution in [3.63, 3.8) is 0 Å². The lowest BCUT2D eigenvalue weighted by Gasteiger charge is -2.35. The maximum absolute atomic E-state index is 2.62. The average molecular weight is 756 g/mol. The molecule has 0 bridgehead atoms. The fourth-order valence-electron chi connectivity index (χ4n) is 10.4. The van der Waals surface area contributed by atoms with E-state index in [0.29, 0.717) is 0 Å². The van der Waals surface area contributed by atoms with Crippen molar-refractivity contribution in [1.29, 1.82) is 0 Å². The average Bonchev–Trinajstić information content (AvgIpc) is 3.67. The molecule has 0 spiro atoms. The van der Waals surface area contributed by atoms with Crippen LogP contribution in [-0.2, 0) is 10.8 Å². The Hall–Kier alpha value is -6.96. The fourth-order valence-corrected chi connectivity index (χ4v) is 10.4. The molecule has 1 heteroatoms. The molecule has 0 N–H and O–H groups in total. The van der Waals surface area contributed by atoms with Gasteiger partial charge < -0.3 is 4.90 Å². The first-order chi connectivity index (χ1) is 28.8. The molecule has 0 aromatic heterocycles. The van der Waals surface area contributed by atoms with Crippen molar-refractivity contribution >= 4 is 27.8 Å². The van der Waals surface area contributed by atoms with E-state index in [2.05, 4.69) is 233 Å². The van der Waals surface area contributed by atoms with E-state index in [1.807, 2.05) is 0 Å². The number of hydrogen-bond donors (Lipinski definition) is 0. The third-order valence-electron chi connectivity index (χ3n) is 13.2. The van der Waals surface area contributed by atoms with Crippen LogP contribution >= 0.6 is 0 Å². The van der Waals surface area contributed by atoms with Crippen molar-refractivity contribution in [2.45, 2.75) is 38.5 Å². The Bertz CT molecular complexity index is 3080. The molecule has 0 fully saturated rings. The van der Waals surface area contributed by atoms with Crippen LogP contribution in [0.25, 0.3) is 66.4 Å². The van der Waals surface area contributed by atoms with Gasteiger partial charge in [0, 0.05) is 33.2 Å². The van der Waals surface area contributed by atoms with Crippen LogP contribution in [0.3, 0.4) is 0 Å². The van der Waals surface area contributed by atoms with Crippen molar-refractivity contribution in [3.05, 3.63) is 222 Å². The number of rotatable bonds is 6. The molecule has 2 aliphatic carbocycles. The smallest absolute Gasteiger partial charge is 0.0628 e. The molecule has 0 amide bonds. The van der Waals surface area contributed by atoms with Crippen LogP contribution in [0.15, 0.2) is 200 Å². The summed E-state index contributed by atoms with van der Waals surface area (Å²) in [6.45, 7) is 9.60. The van der Waals surface area contributed by atoms with Gasteiger partial charge in [0.2, 0.25) is 0 Å². The Kier molecular flexibility index (Phi) is 7.94. The fraction of sp³-hybridized carbons (Fsp3) is 0.103. The summed E-state index contributed by atoms with van der Waals surface area (Å²) in [6.07, 6.45) is 0. The molecular formula is C58H45N. The summed E-state index contributed by atoms with van der Waals surface area (Å²) in [5.41, 5.74) is 21.1. The molecule has 11 rings (SSSR count). The van der Waals surface area contributed by atoms with Gasteiger partial charge in [-0.3, -0.25) is 0 Å². The van der Waals surface area contributed by atoms with E-state index in [9.17, 15) is 0 Å². The van der Waals surface area contributed by atoms with Crippen molar-refractivity contribution in [3.8, 4) is 55.6 Å². The second-order valence-corrected chi connectivity index (χ2v) is 17.3. The quantitative estimate of drug-likeness (QED) is 0.163. The van der Waals surface area contributed by atoms with Crippen molar-refractivity contribution in [1.82, 2.24) is 0 Å². The molecule has 0 saturated heterocycles. The van der Waals surface area contributed by atoms with Gasteiger partial charge in [-0.15, -0.1) is 0 Å². The molecule has 9 aromatic carbocycles. The Morgan fingerprint density at radius 1 is 0.339 bits per heavy atom. The van der Waals surface area contributed by atoms with E-state index in [1.54, 1.807) is 0 Å². The van der Waals surface area contributed by atoms with E-state index in [1.165, 1.54) is 94.3 Å². The van der Waals surface area contributed by atoms with Crippen LogP contribution in [0.5, 0.6) is 0 Å². The zero-order valence-corrected chi connectivity index (χ0v) is 34.0. The zero-order valence-electron chi connectivity index (χ0n) is 34.0. The molecule has 0 unspecified atom stereocenters. The molecule has 282 valence electrons. The van der Waals surface area contributed by atoms with E-state index >= 15 is 0 Å². The molecule has 1 nitrogen and oxygen atoms in total. The number of nitrogens with zero attached hydrogens (tertiary/aromatic N) is 1. The minimum Gasteiger partial charge on any atom is -0.309 e. The summed E-state index contributed by atoms with van der Waals surface area (Å²) >= 11 is 0. The SMILES string of the molecule is CC1(C)c2ccccc2-c2ccc(N(c3ccccc3-c3ccc(-c4ccccc4)cc3)c3c4c(c5ccccc5c3-c3ccccc3)C(C)(C)c3ccccc3-4)cc21. The summed E-state index contributed by atoms with van der Waals surface area (Å²) in [5.74, 6) is 0. The van der Waals surface area contributed by atoms with Crippen LogP contribution in [0.2, 0.25) is 0 Å². The summed E-state index contributed by atoms with van der Waals surface area (Å²) in [7, 11) is 0. The standard InChI is InChI=1S/C58H45N/c1-57(2)49-28-16-13-24-44(49)45-36-35-42(37-51(45)57)59(52-30-18-15-23-43(52)40-33-31-39(32-34-40)38-19-7-5-8-20-38)56-53(41-21-9-6-10-22-41)46-25-11-12-26-47(46)55-54(56)48-27-14-17-29-50(48)58(55,3)4/h5-37H,1-4H3. The monoisotopic (exact) mass is 755 g/mol. The lowest BCUT2D eigenvalue weighted by atomic mass is 9.78. The largest absolute Gasteiger partial charge is 0.309 e. The molecule has 0 saturated carbocycles. The predicted molar refractivity (Wildman–Crippen MR) is 250 cm³/mol. The van der Waals surface area contributed by atoms with Gasteiger partial charge in [0.05, 0.1) is 11.4 Å². The first-order valence-corrected chi connectivity index (χ1v) is 20.9. The molecule has 0 heterocycles. The topological polar surface area (TPSA) is 3.24 Å². The van der Waals surface area contributed by atoms with Gasteiger partial charge in [0.15, 0.2) is 0 Å². The normalized spacial score (nSPS) is 14.0. The Balaban J connectivity index is 1.27. The van der Waals surface area contributed by atoms with Gasteiger partial charge in [-0.1, -0.05) is 210 Å². The van der Waals surface area contributed by atoms with Crippen LogP contribution in [0.1, 0.15) is 49.9 Å². The highest BCUT2D eigenvalue weighted by Gasteiger charge is 2.42. The molecular weight excluding hydrogens is 711 g/mol. The van der Waals surface area contributed by atoms with Gasteiger partial charge in [-0.25, -0.2) is 0 Å². The zero-order chi connectivity index (χ0) is 39.9. The third kappa shape index (κ3) is 5.31. The molecule has 9 aromatic rings. The van der Waals surface area contributed by atoms with Gasteiger partial charge in [0.1, 0.15) is 0 Å². The Morgan fingerprint density at radius 2 is 0.847 bits per heavy atom.